The highest BCUT2D eigenvalue weighted by Gasteiger charge is 2.42. The van der Waals surface area contributed by atoms with Gasteiger partial charge in [0.2, 0.25) is 0 Å². The quantitative estimate of drug-likeness (QED) is 0.408. The molecule has 0 radical (unpaired) electrons. The monoisotopic (exact) mass is 514 g/mol. The van der Waals surface area contributed by atoms with Crippen molar-refractivity contribution in [2.75, 3.05) is 49.6 Å². The normalized spacial score (nSPS) is 19.3. The number of likely N-dealkylation sites (N-methyl/N-ethyl adjacent to an activating group) is 1. The Morgan fingerprint density at radius 1 is 0.947 bits per heavy atom. The summed E-state index contributed by atoms with van der Waals surface area (Å²) in [6.45, 7) is 7.26. The van der Waals surface area contributed by atoms with Crippen molar-refractivity contribution in [3.8, 4) is 0 Å². The first-order valence-corrected chi connectivity index (χ1v) is 14.4. The molecule has 0 saturated carbocycles. The van der Waals surface area contributed by atoms with Gasteiger partial charge < -0.3 is 14.6 Å². The van der Waals surface area contributed by atoms with Crippen molar-refractivity contribution in [2.24, 2.45) is 0 Å². The van der Waals surface area contributed by atoms with Crippen LogP contribution in [0.2, 0.25) is 0 Å². The van der Waals surface area contributed by atoms with E-state index in [0.717, 1.165) is 57.5 Å². The second-order valence-corrected chi connectivity index (χ2v) is 11.1. The van der Waals surface area contributed by atoms with Crippen LogP contribution in [0.25, 0.3) is 5.57 Å². The zero-order valence-electron chi connectivity index (χ0n) is 23.1. The smallest absolute Gasteiger partial charge is 0.325 e. The Bertz CT molecular complexity index is 1130. The average Bonchev–Trinajstić information content (AvgIpc) is 3.70. The molecule has 202 valence electrons. The predicted molar refractivity (Wildman–Crippen MR) is 156 cm³/mol. The zero-order chi connectivity index (χ0) is 26.5. The molecular formula is C32H42N4O2. The number of allylic oxidation sites excluding steroid dienone is 2. The number of amides is 2. The van der Waals surface area contributed by atoms with Crippen molar-refractivity contribution in [3.63, 3.8) is 0 Å². The second kappa shape index (κ2) is 11.7. The number of piperidine rings is 1. The van der Waals surface area contributed by atoms with E-state index in [2.05, 4.69) is 52.3 Å². The van der Waals surface area contributed by atoms with E-state index < -0.39 is 5.54 Å². The third-order valence-corrected chi connectivity index (χ3v) is 8.79. The van der Waals surface area contributed by atoms with Crippen molar-refractivity contribution >= 4 is 29.3 Å². The molecule has 2 fully saturated rings. The topological polar surface area (TPSA) is 47.1 Å². The Morgan fingerprint density at radius 2 is 1.63 bits per heavy atom. The maximum atomic E-state index is 13.7. The van der Waals surface area contributed by atoms with Crippen molar-refractivity contribution in [2.45, 2.75) is 64.0 Å². The summed E-state index contributed by atoms with van der Waals surface area (Å²) >= 11 is 0. The van der Waals surface area contributed by atoms with Crippen molar-refractivity contribution in [3.05, 3.63) is 65.7 Å². The predicted octanol–water partition coefficient (Wildman–Crippen LogP) is 5.97. The number of likely N-dealkylation sites (tertiary alicyclic amines) is 1. The third-order valence-electron chi connectivity index (χ3n) is 8.79. The fraction of sp³-hybridized carbons (Fsp3) is 0.500. The number of anilines is 2. The Hall–Kier alpha value is -3.12. The highest BCUT2D eigenvalue weighted by Crippen LogP contribution is 2.32. The Morgan fingerprint density at radius 3 is 2.21 bits per heavy atom. The molecule has 0 aromatic heterocycles. The van der Waals surface area contributed by atoms with E-state index in [9.17, 15) is 9.59 Å². The van der Waals surface area contributed by atoms with Gasteiger partial charge in [-0.25, -0.2) is 4.79 Å². The standard InChI is InChI=1S/C32H42N4O2/c1-3-36(31(38)33(2)29-16-12-28(13-17-29)27-8-4-5-9-27)32(25-37)18-22-34(23-19-32)24-26-10-14-30(15-11-26)35-20-6-7-21-35/h8,10-17,25H,3-7,9,18-24H2,1-2H3. The summed E-state index contributed by atoms with van der Waals surface area (Å²) in [5, 5.41) is 0. The van der Waals surface area contributed by atoms with Crippen LogP contribution in [0.3, 0.4) is 0 Å². The van der Waals surface area contributed by atoms with Crippen LogP contribution < -0.4 is 9.80 Å². The molecule has 2 amide bonds. The van der Waals surface area contributed by atoms with E-state index in [1.165, 1.54) is 41.6 Å². The van der Waals surface area contributed by atoms with Crippen molar-refractivity contribution in [1.82, 2.24) is 9.80 Å². The lowest BCUT2D eigenvalue weighted by Gasteiger charge is -2.46. The first-order chi connectivity index (χ1) is 18.5. The molecule has 5 rings (SSSR count). The van der Waals surface area contributed by atoms with E-state index in [1.807, 2.05) is 26.1 Å². The summed E-state index contributed by atoms with van der Waals surface area (Å²) in [6.07, 6.45) is 10.7. The van der Waals surface area contributed by atoms with Gasteiger partial charge in [0.1, 0.15) is 11.8 Å². The van der Waals surface area contributed by atoms with Crippen LogP contribution in [0.4, 0.5) is 16.2 Å². The summed E-state index contributed by atoms with van der Waals surface area (Å²) in [7, 11) is 1.81. The van der Waals surface area contributed by atoms with Crippen LogP contribution >= 0.6 is 0 Å². The maximum absolute atomic E-state index is 13.7. The Balaban J connectivity index is 1.20. The first kappa shape index (κ1) is 26.5. The highest BCUT2D eigenvalue weighted by atomic mass is 16.2. The van der Waals surface area contributed by atoms with Gasteiger partial charge in [-0.05, 0) is 92.8 Å². The largest absolute Gasteiger partial charge is 0.372 e. The van der Waals surface area contributed by atoms with E-state index in [-0.39, 0.29) is 6.03 Å². The van der Waals surface area contributed by atoms with Gasteiger partial charge in [0, 0.05) is 57.7 Å². The maximum Gasteiger partial charge on any atom is 0.325 e. The van der Waals surface area contributed by atoms with Crippen LogP contribution in [-0.4, -0.2) is 67.4 Å². The van der Waals surface area contributed by atoms with Gasteiger partial charge in [-0.3, -0.25) is 9.80 Å². The molecule has 2 saturated heterocycles. The lowest BCUT2D eigenvalue weighted by atomic mass is 9.87. The van der Waals surface area contributed by atoms with Gasteiger partial charge in [-0.15, -0.1) is 0 Å². The molecule has 2 aliphatic heterocycles. The van der Waals surface area contributed by atoms with Crippen LogP contribution in [0, 0.1) is 0 Å². The minimum absolute atomic E-state index is 0.113. The zero-order valence-corrected chi connectivity index (χ0v) is 23.1. The molecule has 3 aliphatic rings. The molecule has 6 heteroatoms. The molecular weight excluding hydrogens is 472 g/mol. The lowest BCUT2D eigenvalue weighted by Crippen LogP contribution is -2.60. The number of aldehydes is 1. The van der Waals surface area contributed by atoms with Gasteiger partial charge >= 0.3 is 6.03 Å². The molecule has 0 N–H and O–H groups in total. The fourth-order valence-corrected chi connectivity index (χ4v) is 6.36. The average molecular weight is 515 g/mol. The summed E-state index contributed by atoms with van der Waals surface area (Å²) in [4.78, 5) is 34.5. The van der Waals surface area contributed by atoms with Gasteiger partial charge in [-0.1, -0.05) is 30.3 Å². The number of hydrogen-bond donors (Lipinski definition) is 0. The molecule has 2 aromatic rings. The number of rotatable bonds is 8. The van der Waals surface area contributed by atoms with Crippen LogP contribution in [0.1, 0.15) is 63.0 Å². The molecule has 0 unspecified atom stereocenters. The molecule has 0 spiro atoms. The van der Waals surface area contributed by atoms with Crippen LogP contribution in [-0.2, 0) is 11.3 Å². The molecule has 1 aliphatic carbocycles. The highest BCUT2D eigenvalue weighted by molar-refractivity contribution is 5.94. The van der Waals surface area contributed by atoms with Gasteiger partial charge in [0.05, 0.1) is 0 Å². The number of nitrogens with zero attached hydrogens (tertiary/aromatic N) is 4. The van der Waals surface area contributed by atoms with Gasteiger partial charge in [0.25, 0.3) is 0 Å². The number of hydrogen-bond acceptors (Lipinski definition) is 4. The minimum Gasteiger partial charge on any atom is -0.372 e. The molecule has 6 nitrogen and oxygen atoms in total. The summed E-state index contributed by atoms with van der Waals surface area (Å²) < 4.78 is 0. The number of urea groups is 1. The van der Waals surface area contributed by atoms with E-state index in [0.29, 0.717) is 19.4 Å². The summed E-state index contributed by atoms with van der Waals surface area (Å²) in [6, 6.07) is 17.1. The van der Waals surface area contributed by atoms with E-state index >= 15 is 0 Å². The summed E-state index contributed by atoms with van der Waals surface area (Å²) in [5.41, 5.74) is 5.34. The molecule has 38 heavy (non-hydrogen) atoms. The number of benzene rings is 2. The second-order valence-electron chi connectivity index (χ2n) is 11.1. The molecule has 2 heterocycles. The van der Waals surface area contributed by atoms with Gasteiger partial charge in [0.15, 0.2) is 0 Å². The summed E-state index contributed by atoms with van der Waals surface area (Å²) in [5.74, 6) is 0. The Kier molecular flexibility index (Phi) is 8.18. The lowest BCUT2D eigenvalue weighted by molar-refractivity contribution is -0.119. The number of carbonyl (C=O) groups excluding carboxylic acids is 2. The SMILES string of the molecule is CCN(C(=O)N(C)c1ccc(C2=CCCC2)cc1)C1(C=O)CCN(Cc2ccc(N3CCCC3)cc2)CC1. The molecule has 2 aromatic carbocycles. The number of carbonyl (C=O) groups is 2. The minimum atomic E-state index is -0.759. The van der Waals surface area contributed by atoms with Crippen LogP contribution in [0.5, 0.6) is 0 Å². The fourth-order valence-electron chi connectivity index (χ4n) is 6.36. The van der Waals surface area contributed by atoms with Crippen molar-refractivity contribution in [1.29, 1.82) is 0 Å². The Labute approximate surface area is 227 Å². The molecule has 0 bridgehead atoms. The first-order valence-electron chi connectivity index (χ1n) is 14.4. The van der Waals surface area contributed by atoms with Crippen molar-refractivity contribution < 1.29 is 9.59 Å². The van der Waals surface area contributed by atoms with E-state index in [4.69, 9.17) is 0 Å². The van der Waals surface area contributed by atoms with E-state index in [1.54, 1.807) is 9.80 Å². The molecule has 0 atom stereocenters. The van der Waals surface area contributed by atoms with Gasteiger partial charge in [-0.2, -0.15) is 0 Å². The third kappa shape index (κ3) is 5.51. The van der Waals surface area contributed by atoms with Crippen LogP contribution in [0.15, 0.2) is 54.6 Å².